The first-order chi connectivity index (χ1) is 14.6. The molecule has 0 spiro atoms. The third-order valence-electron chi connectivity index (χ3n) is 6.57. The quantitative estimate of drug-likeness (QED) is 0.723. The summed E-state index contributed by atoms with van der Waals surface area (Å²) in [6.45, 7) is 5.23. The highest BCUT2D eigenvalue weighted by molar-refractivity contribution is 5.96. The van der Waals surface area contributed by atoms with Gasteiger partial charge in [0, 0.05) is 29.2 Å². The van der Waals surface area contributed by atoms with Gasteiger partial charge < -0.3 is 14.5 Å². The number of nitrogens with zero attached hydrogens (tertiary/aromatic N) is 3. The minimum atomic E-state index is -0.0662. The van der Waals surface area contributed by atoms with Crippen molar-refractivity contribution in [3.05, 3.63) is 63.6 Å². The number of likely N-dealkylation sites (tertiary alicyclic amines) is 1. The number of benzene rings is 2. The first-order valence-electron chi connectivity index (χ1n) is 10.8. The summed E-state index contributed by atoms with van der Waals surface area (Å²) < 4.78 is 5.91. The van der Waals surface area contributed by atoms with Gasteiger partial charge in [0.1, 0.15) is 6.61 Å². The van der Waals surface area contributed by atoms with E-state index in [1.54, 1.807) is 0 Å². The fourth-order valence-electron chi connectivity index (χ4n) is 4.82. The lowest BCUT2D eigenvalue weighted by Gasteiger charge is -2.31. The van der Waals surface area contributed by atoms with E-state index in [0.717, 1.165) is 30.8 Å². The van der Waals surface area contributed by atoms with Gasteiger partial charge in [-0.1, -0.05) is 30.3 Å². The van der Waals surface area contributed by atoms with Crippen LogP contribution in [0.15, 0.2) is 41.2 Å². The molecule has 6 nitrogen and oxygen atoms in total. The molecule has 1 atom stereocenters. The third kappa shape index (κ3) is 3.45. The highest BCUT2D eigenvalue weighted by Crippen LogP contribution is 2.32. The number of hydrogen-bond donors (Lipinski definition) is 1. The van der Waals surface area contributed by atoms with Gasteiger partial charge in [-0.15, -0.1) is 0 Å². The van der Waals surface area contributed by atoms with E-state index in [-0.39, 0.29) is 5.56 Å². The molecule has 0 bridgehead atoms. The molecule has 2 aromatic carbocycles. The van der Waals surface area contributed by atoms with Gasteiger partial charge in [0.25, 0.3) is 11.6 Å². The van der Waals surface area contributed by atoms with Crippen molar-refractivity contribution < 1.29 is 4.74 Å². The third-order valence-corrected chi connectivity index (χ3v) is 6.57. The van der Waals surface area contributed by atoms with E-state index < -0.39 is 0 Å². The van der Waals surface area contributed by atoms with Crippen LogP contribution >= 0.6 is 0 Å². The van der Waals surface area contributed by atoms with Crippen LogP contribution in [0, 0.1) is 6.92 Å². The van der Waals surface area contributed by atoms with E-state index in [1.807, 2.05) is 0 Å². The molecule has 6 heteroatoms. The number of aromatic nitrogens is 2. The molecule has 1 aromatic heterocycles. The molecule has 2 aliphatic rings. The SMILES string of the molecule is Cc1cccc2cccc(N3CCc4c(nc(OC[C@@H]5CCCN5C)[nH]c4=O)C3)c12. The van der Waals surface area contributed by atoms with Crippen LogP contribution in [-0.2, 0) is 13.0 Å². The maximum Gasteiger partial charge on any atom is 0.296 e. The number of rotatable bonds is 4. The zero-order chi connectivity index (χ0) is 20.7. The summed E-state index contributed by atoms with van der Waals surface area (Å²) in [5.74, 6) is 0. The lowest BCUT2D eigenvalue weighted by atomic mass is 10.0. The Bertz CT molecular complexity index is 1130. The molecule has 0 amide bonds. The maximum absolute atomic E-state index is 12.7. The highest BCUT2D eigenvalue weighted by Gasteiger charge is 2.25. The van der Waals surface area contributed by atoms with Crippen LogP contribution in [0.4, 0.5) is 5.69 Å². The minimum Gasteiger partial charge on any atom is -0.463 e. The van der Waals surface area contributed by atoms with Crippen LogP contribution in [0.2, 0.25) is 0 Å². The van der Waals surface area contributed by atoms with Gasteiger partial charge in [-0.05, 0) is 56.8 Å². The molecule has 0 saturated carbocycles. The van der Waals surface area contributed by atoms with Gasteiger partial charge in [0.05, 0.1) is 12.2 Å². The Morgan fingerprint density at radius 1 is 1.20 bits per heavy atom. The van der Waals surface area contributed by atoms with Gasteiger partial charge >= 0.3 is 0 Å². The number of likely N-dealkylation sites (N-methyl/N-ethyl adjacent to an activating group) is 1. The van der Waals surface area contributed by atoms with E-state index in [0.29, 0.717) is 31.6 Å². The monoisotopic (exact) mass is 404 g/mol. The summed E-state index contributed by atoms with van der Waals surface area (Å²) in [7, 11) is 2.12. The van der Waals surface area contributed by atoms with Crippen LogP contribution in [-0.4, -0.2) is 47.7 Å². The molecule has 2 aliphatic heterocycles. The Morgan fingerprint density at radius 2 is 2.03 bits per heavy atom. The van der Waals surface area contributed by atoms with Crippen LogP contribution in [0.1, 0.15) is 29.7 Å². The molecule has 0 unspecified atom stereocenters. The number of aryl methyl sites for hydroxylation is 1. The molecule has 0 aliphatic carbocycles. The van der Waals surface area contributed by atoms with Crippen molar-refractivity contribution in [2.24, 2.45) is 0 Å². The first-order valence-corrected chi connectivity index (χ1v) is 10.8. The zero-order valence-corrected chi connectivity index (χ0v) is 17.6. The summed E-state index contributed by atoms with van der Waals surface area (Å²) in [5, 5.41) is 2.51. The fourth-order valence-corrected chi connectivity index (χ4v) is 4.82. The first kappa shape index (κ1) is 19.1. The van der Waals surface area contributed by atoms with Crippen LogP contribution < -0.4 is 15.2 Å². The lowest BCUT2D eigenvalue weighted by molar-refractivity contribution is 0.187. The van der Waals surface area contributed by atoms with E-state index in [9.17, 15) is 4.79 Å². The number of H-pyrrole nitrogens is 1. The topological polar surface area (TPSA) is 61.5 Å². The molecule has 3 heterocycles. The largest absolute Gasteiger partial charge is 0.463 e. The second-order valence-electron chi connectivity index (χ2n) is 8.51. The number of ether oxygens (including phenoxy) is 1. The maximum atomic E-state index is 12.7. The zero-order valence-electron chi connectivity index (χ0n) is 17.6. The van der Waals surface area contributed by atoms with Crippen molar-refractivity contribution in [2.75, 3.05) is 31.6 Å². The van der Waals surface area contributed by atoms with Crippen molar-refractivity contribution in [1.82, 2.24) is 14.9 Å². The molecule has 0 radical (unpaired) electrons. The van der Waals surface area contributed by atoms with E-state index in [4.69, 9.17) is 9.72 Å². The van der Waals surface area contributed by atoms with Crippen molar-refractivity contribution in [2.45, 2.75) is 38.8 Å². The standard InChI is InChI=1S/C24H28N4O2/c1-16-6-3-7-17-8-4-10-21(22(16)17)28-13-11-19-20(14-28)25-24(26-23(19)29)30-15-18-9-5-12-27(18)2/h3-4,6-8,10,18H,5,9,11-15H2,1-2H3,(H,25,26,29)/t18-/m0/s1. The van der Waals surface area contributed by atoms with E-state index >= 15 is 0 Å². The number of fused-ring (bicyclic) bond motifs is 2. The van der Waals surface area contributed by atoms with Crippen LogP contribution in [0.5, 0.6) is 6.01 Å². The minimum absolute atomic E-state index is 0.0662. The smallest absolute Gasteiger partial charge is 0.296 e. The van der Waals surface area contributed by atoms with Gasteiger partial charge in [-0.2, -0.15) is 4.98 Å². The summed E-state index contributed by atoms with van der Waals surface area (Å²) in [5.41, 5.74) is 4.01. The predicted molar refractivity (Wildman–Crippen MR) is 119 cm³/mol. The molecule has 1 fully saturated rings. The van der Waals surface area contributed by atoms with Crippen LogP contribution in [0.3, 0.4) is 0 Å². The number of aromatic amines is 1. The Balaban J connectivity index is 1.42. The highest BCUT2D eigenvalue weighted by atomic mass is 16.5. The lowest BCUT2D eigenvalue weighted by Crippen LogP contribution is -2.36. The second-order valence-corrected chi connectivity index (χ2v) is 8.51. The average Bonchev–Trinajstić information content (AvgIpc) is 3.16. The Labute approximate surface area is 176 Å². The van der Waals surface area contributed by atoms with E-state index in [1.165, 1.54) is 28.4 Å². The summed E-state index contributed by atoms with van der Waals surface area (Å²) in [6.07, 6.45) is 3.00. The predicted octanol–water partition coefficient (Wildman–Crippen LogP) is 3.27. The van der Waals surface area contributed by atoms with Crippen molar-refractivity contribution in [3.8, 4) is 6.01 Å². The molecule has 5 rings (SSSR count). The van der Waals surface area contributed by atoms with Gasteiger partial charge in [-0.3, -0.25) is 9.78 Å². The molecule has 30 heavy (non-hydrogen) atoms. The molecule has 1 N–H and O–H groups in total. The van der Waals surface area contributed by atoms with Gasteiger partial charge in [0.15, 0.2) is 0 Å². The molecular formula is C24H28N4O2. The second kappa shape index (κ2) is 7.76. The van der Waals surface area contributed by atoms with Crippen molar-refractivity contribution in [3.63, 3.8) is 0 Å². The summed E-state index contributed by atoms with van der Waals surface area (Å²) >= 11 is 0. The van der Waals surface area contributed by atoms with E-state index in [2.05, 4.69) is 65.2 Å². The molecular weight excluding hydrogens is 376 g/mol. The average molecular weight is 405 g/mol. The number of hydrogen-bond acceptors (Lipinski definition) is 5. The van der Waals surface area contributed by atoms with Crippen LogP contribution in [0.25, 0.3) is 10.8 Å². The molecule has 3 aromatic rings. The normalized spacial score (nSPS) is 19.3. The number of nitrogens with one attached hydrogen (secondary N) is 1. The summed E-state index contributed by atoms with van der Waals surface area (Å²) in [4.78, 5) is 24.8. The summed E-state index contributed by atoms with van der Waals surface area (Å²) in [6, 6.07) is 13.6. The Kier molecular flexibility index (Phi) is 4.95. The van der Waals surface area contributed by atoms with Crippen molar-refractivity contribution >= 4 is 16.5 Å². The Morgan fingerprint density at radius 3 is 2.83 bits per heavy atom. The van der Waals surface area contributed by atoms with Gasteiger partial charge in [0.2, 0.25) is 0 Å². The Hall–Kier alpha value is -2.86. The number of anilines is 1. The van der Waals surface area contributed by atoms with Gasteiger partial charge in [-0.25, -0.2) is 0 Å². The molecule has 1 saturated heterocycles. The molecule has 156 valence electrons. The van der Waals surface area contributed by atoms with Crippen molar-refractivity contribution in [1.29, 1.82) is 0 Å². The fraction of sp³-hybridized carbons (Fsp3) is 0.417.